The van der Waals surface area contributed by atoms with Gasteiger partial charge in [0.1, 0.15) is 5.82 Å². The van der Waals surface area contributed by atoms with Crippen molar-refractivity contribution in [2.24, 2.45) is 0 Å². The van der Waals surface area contributed by atoms with Crippen molar-refractivity contribution >= 4 is 28.8 Å². The summed E-state index contributed by atoms with van der Waals surface area (Å²) >= 11 is -2.77. The molecule has 0 aliphatic carbocycles. The lowest BCUT2D eigenvalue weighted by Crippen LogP contribution is -2.23. The average Bonchev–Trinajstić information content (AvgIpc) is 2.53. The highest BCUT2D eigenvalue weighted by atomic mass is 32.2. The van der Waals surface area contributed by atoms with E-state index < -0.39 is 40.5 Å². The molecule has 2 aromatic rings. The van der Waals surface area contributed by atoms with E-state index in [0.29, 0.717) is 17.3 Å². The van der Waals surface area contributed by atoms with Gasteiger partial charge in [0, 0.05) is 18.8 Å². The molecule has 0 spiro atoms. The van der Waals surface area contributed by atoms with Crippen molar-refractivity contribution in [1.82, 2.24) is 4.98 Å². The van der Waals surface area contributed by atoms with Crippen LogP contribution in [0.3, 0.4) is 0 Å². The van der Waals surface area contributed by atoms with Crippen LogP contribution in [0, 0.1) is 5.82 Å². The molecule has 26 heavy (non-hydrogen) atoms. The van der Waals surface area contributed by atoms with Gasteiger partial charge in [-0.2, -0.15) is 17.4 Å². The fourth-order valence-electron chi connectivity index (χ4n) is 1.88. The number of pyridine rings is 1. The number of benzene rings is 1. The quantitative estimate of drug-likeness (QED) is 0.461. The van der Waals surface area contributed by atoms with Crippen molar-refractivity contribution in [2.75, 3.05) is 17.4 Å². The fourth-order valence-corrected chi connectivity index (χ4v) is 2.14. The third kappa shape index (κ3) is 4.97. The highest BCUT2D eigenvalue weighted by Gasteiger charge is 2.32. The Kier molecular flexibility index (Phi) is 5.90. The lowest BCUT2D eigenvalue weighted by Gasteiger charge is -2.19. The number of hydrogen-bond acceptors (Lipinski definition) is 5. The van der Waals surface area contributed by atoms with Gasteiger partial charge in [-0.25, -0.2) is 14.4 Å². The average molecular weight is 393 g/mol. The molecule has 1 atom stereocenters. The number of anilines is 2. The summed E-state index contributed by atoms with van der Waals surface area (Å²) in [5.74, 6) is -1.79. The normalized spacial score (nSPS) is 12.5. The number of alkyl halides is 3. The number of carbonyl (C=O) groups is 1. The van der Waals surface area contributed by atoms with Crippen molar-refractivity contribution in [1.29, 1.82) is 0 Å². The minimum atomic E-state index is -4.74. The van der Waals surface area contributed by atoms with E-state index in [4.69, 9.17) is 4.55 Å². The van der Waals surface area contributed by atoms with Gasteiger partial charge in [-0.1, -0.05) is 0 Å². The lowest BCUT2D eigenvalue weighted by molar-refractivity contribution is -0.137. The van der Waals surface area contributed by atoms with Crippen LogP contribution in [0.2, 0.25) is 0 Å². The number of rotatable bonds is 5. The third-order valence-corrected chi connectivity index (χ3v) is 3.37. The number of nitrogens with one attached hydrogen (secondary N) is 1. The molecule has 0 saturated carbocycles. The Morgan fingerprint density at radius 1 is 1.31 bits per heavy atom. The van der Waals surface area contributed by atoms with Crippen LogP contribution in [0.15, 0.2) is 36.5 Å². The van der Waals surface area contributed by atoms with Crippen LogP contribution in [0.4, 0.5) is 29.1 Å². The largest absolute Gasteiger partial charge is 0.417 e. The number of carbonyl (C=O) groups excluding carboxylic acids is 1. The van der Waals surface area contributed by atoms with Crippen molar-refractivity contribution in [2.45, 2.75) is 6.18 Å². The molecule has 0 radical (unpaired) electrons. The SMILES string of the molecule is CN(OS(=O)O)c1ncc(C(F)(F)F)cc1NC(=O)c1ccc(F)cc1. The molecular formula is C14H11F4N3O4S. The van der Waals surface area contributed by atoms with Crippen LogP contribution in [0.1, 0.15) is 15.9 Å². The molecule has 1 unspecified atom stereocenters. The predicted molar refractivity (Wildman–Crippen MR) is 83.9 cm³/mol. The number of aromatic nitrogens is 1. The van der Waals surface area contributed by atoms with Crippen LogP contribution in [0.25, 0.3) is 0 Å². The van der Waals surface area contributed by atoms with Crippen LogP contribution in [-0.2, 0) is 21.8 Å². The molecule has 0 bridgehead atoms. The zero-order valence-electron chi connectivity index (χ0n) is 13.0. The van der Waals surface area contributed by atoms with Crippen LogP contribution < -0.4 is 10.4 Å². The second kappa shape index (κ2) is 7.76. The van der Waals surface area contributed by atoms with Gasteiger partial charge in [0.05, 0.1) is 11.3 Å². The summed E-state index contributed by atoms with van der Waals surface area (Å²) in [4.78, 5) is 15.7. The molecule has 140 valence electrons. The summed E-state index contributed by atoms with van der Waals surface area (Å²) in [6, 6.07) is 4.86. The molecule has 1 aromatic heterocycles. The molecule has 0 saturated heterocycles. The second-order valence-electron chi connectivity index (χ2n) is 4.84. The molecule has 0 aliphatic heterocycles. The number of nitrogens with zero attached hydrogens (tertiary/aromatic N) is 2. The summed E-state index contributed by atoms with van der Waals surface area (Å²) in [5, 5.41) is 2.81. The maximum Gasteiger partial charge on any atom is 0.417 e. The van der Waals surface area contributed by atoms with E-state index in [1.807, 2.05) is 0 Å². The standard InChI is InChI=1S/C14H11F4N3O4S/c1-21(25-26(23)24)12-11(6-9(7-19-12)14(16,17)18)20-13(22)8-2-4-10(15)5-3-8/h2-7H,1H3,(H,20,22)(H,23,24). The van der Waals surface area contributed by atoms with E-state index in [1.165, 1.54) is 0 Å². The fraction of sp³-hybridized carbons (Fsp3) is 0.143. The Morgan fingerprint density at radius 2 is 1.92 bits per heavy atom. The first kappa shape index (κ1) is 19.8. The Balaban J connectivity index is 2.40. The van der Waals surface area contributed by atoms with Crippen molar-refractivity contribution < 1.29 is 35.4 Å². The lowest BCUT2D eigenvalue weighted by atomic mass is 10.2. The number of halogens is 4. The van der Waals surface area contributed by atoms with E-state index in [0.717, 1.165) is 31.3 Å². The van der Waals surface area contributed by atoms with E-state index >= 15 is 0 Å². The summed E-state index contributed by atoms with van der Waals surface area (Å²) < 4.78 is 75.4. The number of hydrogen-bond donors (Lipinski definition) is 2. The number of amides is 1. The van der Waals surface area contributed by atoms with Crippen molar-refractivity contribution in [3.8, 4) is 0 Å². The predicted octanol–water partition coefficient (Wildman–Crippen LogP) is 3.00. The van der Waals surface area contributed by atoms with Crippen molar-refractivity contribution in [3.05, 3.63) is 53.5 Å². The molecule has 2 rings (SSSR count). The maximum atomic E-state index is 12.9. The summed E-state index contributed by atoms with van der Waals surface area (Å²) in [6.07, 6.45) is -4.26. The molecule has 2 N–H and O–H groups in total. The molecule has 0 fully saturated rings. The van der Waals surface area contributed by atoms with E-state index in [-0.39, 0.29) is 11.4 Å². The molecule has 7 nitrogen and oxygen atoms in total. The topological polar surface area (TPSA) is 91.8 Å². The smallest absolute Gasteiger partial charge is 0.319 e. The summed E-state index contributed by atoms with van der Waals surface area (Å²) in [7, 11) is 1.11. The van der Waals surface area contributed by atoms with Crippen molar-refractivity contribution in [3.63, 3.8) is 0 Å². The Hall–Kier alpha value is -2.57. The first-order chi connectivity index (χ1) is 12.1. The number of hydroxylamine groups is 1. The van der Waals surface area contributed by atoms with E-state index in [1.54, 1.807) is 0 Å². The molecule has 0 aliphatic rings. The Bertz CT molecular complexity index is 830. The van der Waals surface area contributed by atoms with Gasteiger partial charge in [0.2, 0.25) is 0 Å². The molecule has 1 aromatic carbocycles. The monoisotopic (exact) mass is 393 g/mol. The molecule has 12 heteroatoms. The second-order valence-corrected chi connectivity index (χ2v) is 5.43. The van der Waals surface area contributed by atoms with Crippen LogP contribution >= 0.6 is 0 Å². The Labute approximate surface area is 147 Å². The van der Waals surface area contributed by atoms with Crippen LogP contribution in [0.5, 0.6) is 0 Å². The van der Waals surface area contributed by atoms with Gasteiger partial charge >= 0.3 is 17.5 Å². The van der Waals surface area contributed by atoms with Gasteiger partial charge in [-0.15, -0.1) is 4.28 Å². The zero-order chi connectivity index (χ0) is 19.5. The molecule has 1 amide bonds. The van der Waals surface area contributed by atoms with Crippen LogP contribution in [-0.4, -0.2) is 26.7 Å². The summed E-state index contributed by atoms with van der Waals surface area (Å²) in [6.45, 7) is 0. The highest BCUT2D eigenvalue weighted by molar-refractivity contribution is 7.74. The zero-order valence-corrected chi connectivity index (χ0v) is 13.8. The van der Waals surface area contributed by atoms with E-state index in [2.05, 4.69) is 14.6 Å². The Morgan fingerprint density at radius 3 is 2.46 bits per heavy atom. The first-order valence-electron chi connectivity index (χ1n) is 6.75. The van der Waals surface area contributed by atoms with Gasteiger partial charge in [0.25, 0.3) is 5.91 Å². The van der Waals surface area contributed by atoms with Gasteiger partial charge in [0.15, 0.2) is 5.82 Å². The minimum absolute atomic E-state index is 0.0240. The van der Waals surface area contributed by atoms with Gasteiger partial charge in [-0.05, 0) is 30.3 Å². The van der Waals surface area contributed by atoms with Gasteiger partial charge < -0.3 is 5.32 Å². The third-order valence-electron chi connectivity index (χ3n) is 3.02. The minimum Gasteiger partial charge on any atom is -0.319 e. The van der Waals surface area contributed by atoms with E-state index in [9.17, 15) is 26.6 Å². The molecular weight excluding hydrogens is 382 g/mol. The molecule has 1 heterocycles. The highest BCUT2D eigenvalue weighted by Crippen LogP contribution is 2.34. The first-order valence-corrected chi connectivity index (χ1v) is 7.78. The van der Waals surface area contributed by atoms with Gasteiger partial charge in [-0.3, -0.25) is 9.35 Å². The maximum absolute atomic E-state index is 12.9. The summed E-state index contributed by atoms with van der Waals surface area (Å²) in [5.41, 5.74) is -1.61.